The molecule has 0 saturated carbocycles. The molecule has 1 unspecified atom stereocenters. The van der Waals surface area contributed by atoms with Crippen molar-refractivity contribution in [1.29, 1.82) is 0 Å². The second kappa shape index (κ2) is 6.61. The van der Waals surface area contributed by atoms with Crippen LogP contribution in [0, 0.1) is 0 Å². The van der Waals surface area contributed by atoms with Crippen LogP contribution in [0.3, 0.4) is 0 Å². The molecular formula is C13H23N3OS. The van der Waals surface area contributed by atoms with E-state index in [1.54, 1.807) is 11.3 Å². The van der Waals surface area contributed by atoms with E-state index in [-0.39, 0.29) is 6.10 Å². The summed E-state index contributed by atoms with van der Waals surface area (Å²) >= 11 is 1.71. The van der Waals surface area contributed by atoms with Crippen molar-refractivity contribution in [1.82, 2.24) is 15.2 Å². The van der Waals surface area contributed by atoms with Gasteiger partial charge in [-0.25, -0.2) is 4.98 Å². The number of hydrogen-bond donors (Lipinski definition) is 1. The predicted molar refractivity (Wildman–Crippen MR) is 74.9 cm³/mol. The summed E-state index contributed by atoms with van der Waals surface area (Å²) in [5.74, 6) is 0. The highest BCUT2D eigenvalue weighted by Crippen LogP contribution is 2.22. The molecule has 5 heteroatoms. The van der Waals surface area contributed by atoms with E-state index >= 15 is 0 Å². The summed E-state index contributed by atoms with van der Waals surface area (Å²) in [5.41, 5.74) is 1.18. The van der Waals surface area contributed by atoms with Crippen molar-refractivity contribution in [3.8, 4) is 0 Å². The first-order valence-electron chi connectivity index (χ1n) is 6.71. The lowest BCUT2D eigenvalue weighted by atomic mass is 10.2. The second-order valence-corrected chi connectivity index (χ2v) is 5.69. The normalized spacial score (nSPS) is 23.2. The van der Waals surface area contributed by atoms with E-state index in [1.165, 1.54) is 5.69 Å². The number of ether oxygens (including phenoxy) is 1. The Labute approximate surface area is 113 Å². The van der Waals surface area contributed by atoms with E-state index in [9.17, 15) is 0 Å². The first kappa shape index (κ1) is 13.9. The van der Waals surface area contributed by atoms with Gasteiger partial charge in [-0.2, -0.15) is 0 Å². The van der Waals surface area contributed by atoms with E-state index in [4.69, 9.17) is 4.74 Å². The highest BCUT2D eigenvalue weighted by Gasteiger charge is 2.19. The molecule has 1 aromatic heterocycles. The van der Waals surface area contributed by atoms with E-state index in [1.807, 2.05) is 6.92 Å². The summed E-state index contributed by atoms with van der Waals surface area (Å²) in [6.45, 7) is 11.3. The van der Waals surface area contributed by atoms with Crippen LogP contribution in [0.25, 0.3) is 0 Å². The van der Waals surface area contributed by atoms with E-state index in [2.05, 4.69) is 34.4 Å². The topological polar surface area (TPSA) is 37.4 Å². The molecule has 0 aliphatic carbocycles. The number of nitrogens with zero attached hydrogens (tertiary/aromatic N) is 2. The minimum atomic E-state index is 0.120. The molecule has 2 heterocycles. The fourth-order valence-electron chi connectivity index (χ4n) is 2.23. The molecule has 0 aromatic carbocycles. The van der Waals surface area contributed by atoms with Crippen molar-refractivity contribution in [2.24, 2.45) is 0 Å². The van der Waals surface area contributed by atoms with Gasteiger partial charge in [-0.05, 0) is 20.8 Å². The summed E-state index contributed by atoms with van der Waals surface area (Å²) in [6.07, 6.45) is 0.120. The Morgan fingerprint density at radius 2 is 2.50 bits per heavy atom. The van der Waals surface area contributed by atoms with Crippen molar-refractivity contribution >= 4 is 11.3 Å². The second-order valence-electron chi connectivity index (χ2n) is 4.80. The highest BCUT2D eigenvalue weighted by molar-refractivity contribution is 7.09. The number of hydrogen-bond acceptors (Lipinski definition) is 5. The van der Waals surface area contributed by atoms with Crippen LogP contribution in [0.4, 0.5) is 0 Å². The molecule has 0 spiro atoms. The highest BCUT2D eigenvalue weighted by atomic mass is 32.1. The average Bonchev–Trinajstić information content (AvgIpc) is 2.81. The van der Waals surface area contributed by atoms with Gasteiger partial charge in [0.15, 0.2) is 0 Å². The zero-order valence-corrected chi connectivity index (χ0v) is 12.3. The zero-order valence-electron chi connectivity index (χ0n) is 11.5. The summed E-state index contributed by atoms with van der Waals surface area (Å²) in [5, 5.41) is 6.67. The lowest BCUT2D eigenvalue weighted by molar-refractivity contribution is 0.0759. The van der Waals surface area contributed by atoms with Crippen LogP contribution >= 0.6 is 11.3 Å². The molecule has 102 valence electrons. The van der Waals surface area contributed by atoms with Gasteiger partial charge in [0, 0.05) is 44.2 Å². The Bertz CT molecular complexity index is 369. The summed E-state index contributed by atoms with van der Waals surface area (Å²) < 4.78 is 5.58. The van der Waals surface area contributed by atoms with Gasteiger partial charge in [-0.3, -0.25) is 4.90 Å². The van der Waals surface area contributed by atoms with Crippen molar-refractivity contribution < 1.29 is 4.74 Å². The van der Waals surface area contributed by atoms with Crippen LogP contribution in [-0.2, 0) is 11.3 Å². The molecular weight excluding hydrogens is 246 g/mol. The first-order chi connectivity index (χ1) is 8.70. The van der Waals surface area contributed by atoms with Gasteiger partial charge in [-0.1, -0.05) is 0 Å². The monoisotopic (exact) mass is 269 g/mol. The smallest absolute Gasteiger partial charge is 0.122 e. The number of rotatable bonds is 5. The van der Waals surface area contributed by atoms with Crippen molar-refractivity contribution in [3.63, 3.8) is 0 Å². The average molecular weight is 269 g/mol. The van der Waals surface area contributed by atoms with Gasteiger partial charge >= 0.3 is 0 Å². The van der Waals surface area contributed by atoms with Gasteiger partial charge in [0.2, 0.25) is 0 Å². The van der Waals surface area contributed by atoms with Crippen LogP contribution in [0.1, 0.15) is 37.6 Å². The van der Waals surface area contributed by atoms with Gasteiger partial charge in [-0.15, -0.1) is 11.3 Å². The lowest BCUT2D eigenvalue weighted by Crippen LogP contribution is -2.49. The standard InChI is InChI=1S/C13H23N3OS/c1-4-17-11(3)13-15-12(9-18-13)8-16-6-5-14-7-10(16)2/h9-11,14H,4-8H2,1-3H3/t10-,11?/m1/s1. The molecule has 0 radical (unpaired) electrons. The molecule has 1 fully saturated rings. The Hall–Kier alpha value is -0.490. The van der Waals surface area contributed by atoms with E-state index in [0.29, 0.717) is 6.04 Å². The lowest BCUT2D eigenvalue weighted by Gasteiger charge is -2.33. The van der Waals surface area contributed by atoms with Crippen molar-refractivity contribution in [3.05, 3.63) is 16.1 Å². The number of nitrogens with one attached hydrogen (secondary N) is 1. The Kier molecular flexibility index (Phi) is 5.12. The molecule has 0 bridgehead atoms. The van der Waals surface area contributed by atoms with Gasteiger partial charge < -0.3 is 10.1 Å². The maximum Gasteiger partial charge on any atom is 0.122 e. The minimum Gasteiger partial charge on any atom is -0.372 e. The Balaban J connectivity index is 1.93. The minimum absolute atomic E-state index is 0.120. The van der Waals surface area contributed by atoms with Crippen molar-refractivity contribution in [2.45, 2.75) is 39.5 Å². The predicted octanol–water partition coefficient (Wildman–Crippen LogP) is 2.03. The van der Waals surface area contributed by atoms with Gasteiger partial charge in [0.25, 0.3) is 0 Å². The van der Waals surface area contributed by atoms with Crippen molar-refractivity contribution in [2.75, 3.05) is 26.2 Å². The van der Waals surface area contributed by atoms with Gasteiger partial charge in [0.1, 0.15) is 11.1 Å². The van der Waals surface area contributed by atoms with Crippen LogP contribution in [0.5, 0.6) is 0 Å². The molecule has 2 rings (SSSR count). The fraction of sp³-hybridized carbons (Fsp3) is 0.769. The van der Waals surface area contributed by atoms with Crippen LogP contribution in [0.15, 0.2) is 5.38 Å². The SMILES string of the molecule is CCOC(C)c1nc(CN2CCNC[C@H]2C)cs1. The van der Waals surface area contributed by atoms with E-state index in [0.717, 1.165) is 37.8 Å². The Morgan fingerprint density at radius 1 is 1.67 bits per heavy atom. The summed E-state index contributed by atoms with van der Waals surface area (Å²) in [7, 11) is 0. The van der Waals surface area contributed by atoms with Crippen LogP contribution < -0.4 is 5.32 Å². The molecule has 4 nitrogen and oxygen atoms in total. The van der Waals surface area contributed by atoms with Gasteiger partial charge in [0.05, 0.1) is 5.69 Å². The third-order valence-electron chi connectivity index (χ3n) is 3.34. The summed E-state index contributed by atoms with van der Waals surface area (Å²) in [6, 6.07) is 0.591. The third kappa shape index (κ3) is 3.51. The number of thiazole rings is 1. The van der Waals surface area contributed by atoms with Crippen LogP contribution in [-0.4, -0.2) is 42.2 Å². The fourth-order valence-corrected chi connectivity index (χ4v) is 3.04. The molecule has 0 amide bonds. The molecule has 1 N–H and O–H groups in total. The molecule has 18 heavy (non-hydrogen) atoms. The maximum absolute atomic E-state index is 5.58. The molecule has 1 aliphatic rings. The number of piperazine rings is 1. The number of aromatic nitrogens is 1. The molecule has 1 saturated heterocycles. The third-order valence-corrected chi connectivity index (χ3v) is 4.39. The summed E-state index contributed by atoms with van der Waals surface area (Å²) in [4.78, 5) is 7.18. The zero-order chi connectivity index (χ0) is 13.0. The Morgan fingerprint density at radius 3 is 3.22 bits per heavy atom. The maximum atomic E-state index is 5.58. The largest absolute Gasteiger partial charge is 0.372 e. The molecule has 1 aliphatic heterocycles. The first-order valence-corrected chi connectivity index (χ1v) is 7.59. The van der Waals surface area contributed by atoms with Crippen LogP contribution in [0.2, 0.25) is 0 Å². The molecule has 2 atom stereocenters. The molecule has 1 aromatic rings. The van der Waals surface area contributed by atoms with E-state index < -0.39 is 0 Å². The quantitative estimate of drug-likeness (QED) is 0.887.